The molecule has 0 bridgehead atoms. The zero-order valence-corrected chi connectivity index (χ0v) is 13.7. The first-order chi connectivity index (χ1) is 11.2. The van der Waals surface area contributed by atoms with Crippen LogP contribution in [0.2, 0.25) is 0 Å². The highest BCUT2D eigenvalue weighted by Crippen LogP contribution is 2.20. The van der Waals surface area contributed by atoms with Gasteiger partial charge in [0.05, 0.1) is 17.4 Å². The normalized spacial score (nSPS) is 13.8. The fraction of sp³-hybridized carbons (Fsp3) is 0.294. The van der Waals surface area contributed by atoms with E-state index in [0.29, 0.717) is 5.92 Å². The molecule has 6 heteroatoms. The Kier molecular flexibility index (Phi) is 5.15. The minimum Gasteiger partial charge on any atom is -0.336 e. The van der Waals surface area contributed by atoms with E-state index in [4.69, 9.17) is 0 Å². The Morgan fingerprint density at radius 1 is 1.26 bits per heavy atom. The number of aromatic nitrogens is 3. The van der Waals surface area contributed by atoms with E-state index < -0.39 is 0 Å². The van der Waals surface area contributed by atoms with Crippen molar-refractivity contribution in [3.63, 3.8) is 0 Å². The smallest absolute Gasteiger partial charge is 0.123 e. The predicted molar refractivity (Wildman–Crippen MR) is 89.9 cm³/mol. The van der Waals surface area contributed by atoms with Crippen molar-refractivity contribution in [3.05, 3.63) is 71.0 Å². The third-order valence-corrected chi connectivity index (χ3v) is 4.78. The van der Waals surface area contributed by atoms with Crippen LogP contribution in [-0.4, -0.2) is 21.1 Å². The first kappa shape index (κ1) is 15.8. The van der Waals surface area contributed by atoms with Crippen molar-refractivity contribution in [3.8, 4) is 0 Å². The van der Waals surface area contributed by atoms with Gasteiger partial charge in [-0.15, -0.1) is 11.3 Å². The summed E-state index contributed by atoms with van der Waals surface area (Å²) in [6.07, 6.45) is 7.32. The SMILES string of the molecule is CC(CNC(Cn1ccnc1)c1ccc(F)cc1)c1nccs1. The Labute approximate surface area is 139 Å². The van der Waals surface area contributed by atoms with Crippen molar-refractivity contribution in [2.24, 2.45) is 0 Å². The number of nitrogens with zero attached hydrogens (tertiary/aromatic N) is 3. The van der Waals surface area contributed by atoms with E-state index in [0.717, 1.165) is 23.7 Å². The molecule has 3 rings (SSSR count). The summed E-state index contributed by atoms with van der Waals surface area (Å²) in [6, 6.07) is 6.76. The molecule has 2 heterocycles. The standard InChI is InChI=1S/C17H19FN4S/c1-13(17-20-7-9-23-17)10-21-16(11-22-8-6-19-12-22)14-2-4-15(18)5-3-14/h2-9,12-13,16,21H,10-11H2,1H3. The van der Waals surface area contributed by atoms with Crippen LogP contribution in [0.25, 0.3) is 0 Å². The van der Waals surface area contributed by atoms with Crippen LogP contribution in [0.15, 0.2) is 54.6 Å². The van der Waals surface area contributed by atoms with Gasteiger partial charge in [0.1, 0.15) is 5.82 Å². The van der Waals surface area contributed by atoms with Crippen LogP contribution in [0, 0.1) is 5.82 Å². The monoisotopic (exact) mass is 330 g/mol. The molecular weight excluding hydrogens is 311 g/mol. The summed E-state index contributed by atoms with van der Waals surface area (Å²) < 4.78 is 15.2. The van der Waals surface area contributed by atoms with Crippen molar-refractivity contribution < 1.29 is 4.39 Å². The molecule has 0 radical (unpaired) electrons. The van der Waals surface area contributed by atoms with Crippen LogP contribution in [0.1, 0.15) is 29.5 Å². The summed E-state index contributed by atoms with van der Waals surface area (Å²) in [5, 5.41) is 6.70. The van der Waals surface area contributed by atoms with E-state index in [2.05, 4.69) is 22.2 Å². The number of nitrogens with one attached hydrogen (secondary N) is 1. The van der Waals surface area contributed by atoms with Crippen LogP contribution in [0.5, 0.6) is 0 Å². The van der Waals surface area contributed by atoms with Gasteiger partial charge in [0.15, 0.2) is 0 Å². The molecule has 4 nitrogen and oxygen atoms in total. The number of hydrogen-bond donors (Lipinski definition) is 1. The van der Waals surface area contributed by atoms with Gasteiger partial charge in [-0.3, -0.25) is 0 Å². The van der Waals surface area contributed by atoms with Gasteiger partial charge in [-0.1, -0.05) is 19.1 Å². The lowest BCUT2D eigenvalue weighted by Crippen LogP contribution is -2.28. The van der Waals surface area contributed by atoms with Crippen molar-refractivity contribution in [1.82, 2.24) is 19.9 Å². The summed E-state index contributed by atoms with van der Waals surface area (Å²) in [7, 11) is 0. The van der Waals surface area contributed by atoms with E-state index in [1.54, 1.807) is 23.9 Å². The molecular formula is C17H19FN4S. The average Bonchev–Trinajstić information content (AvgIpc) is 3.25. The van der Waals surface area contributed by atoms with Gasteiger partial charge in [0, 0.05) is 43.0 Å². The molecule has 0 saturated carbocycles. The van der Waals surface area contributed by atoms with E-state index in [1.165, 1.54) is 12.1 Å². The van der Waals surface area contributed by atoms with Crippen LogP contribution in [-0.2, 0) is 6.54 Å². The molecule has 0 saturated heterocycles. The maximum atomic E-state index is 13.2. The Balaban J connectivity index is 1.70. The van der Waals surface area contributed by atoms with Gasteiger partial charge in [-0.25, -0.2) is 14.4 Å². The average molecular weight is 330 g/mol. The van der Waals surface area contributed by atoms with Crippen LogP contribution >= 0.6 is 11.3 Å². The predicted octanol–water partition coefficient (Wildman–Crippen LogP) is 3.61. The molecule has 2 unspecified atom stereocenters. The maximum absolute atomic E-state index is 13.2. The van der Waals surface area contributed by atoms with Gasteiger partial charge in [-0.2, -0.15) is 0 Å². The number of halogens is 1. The molecule has 0 aliphatic rings. The maximum Gasteiger partial charge on any atom is 0.123 e. The van der Waals surface area contributed by atoms with E-state index in [1.807, 2.05) is 34.5 Å². The summed E-state index contributed by atoms with van der Waals surface area (Å²) in [5.74, 6) is 0.118. The molecule has 0 aliphatic carbocycles. The van der Waals surface area contributed by atoms with E-state index in [-0.39, 0.29) is 11.9 Å². The minimum absolute atomic E-state index is 0.0900. The molecule has 2 atom stereocenters. The highest BCUT2D eigenvalue weighted by Gasteiger charge is 2.15. The molecule has 1 N–H and O–H groups in total. The Morgan fingerprint density at radius 3 is 2.74 bits per heavy atom. The van der Waals surface area contributed by atoms with Crippen molar-refractivity contribution in [2.45, 2.75) is 25.4 Å². The number of imidazole rings is 1. The quantitative estimate of drug-likeness (QED) is 0.719. The molecule has 3 aromatic rings. The number of hydrogen-bond acceptors (Lipinski definition) is 4. The molecule has 120 valence electrons. The third-order valence-electron chi connectivity index (χ3n) is 3.77. The summed E-state index contributed by atoms with van der Waals surface area (Å²) in [5.41, 5.74) is 1.06. The van der Waals surface area contributed by atoms with Gasteiger partial charge in [0.25, 0.3) is 0 Å². The van der Waals surface area contributed by atoms with Gasteiger partial charge >= 0.3 is 0 Å². The zero-order chi connectivity index (χ0) is 16.1. The van der Waals surface area contributed by atoms with Crippen molar-refractivity contribution in [1.29, 1.82) is 0 Å². The highest BCUT2D eigenvalue weighted by molar-refractivity contribution is 7.09. The lowest BCUT2D eigenvalue weighted by atomic mass is 10.1. The number of rotatable bonds is 7. The summed E-state index contributed by atoms with van der Waals surface area (Å²) in [6.45, 7) is 3.71. The minimum atomic E-state index is -0.216. The molecule has 23 heavy (non-hydrogen) atoms. The molecule has 2 aromatic heterocycles. The van der Waals surface area contributed by atoms with Gasteiger partial charge in [-0.05, 0) is 17.7 Å². The molecule has 0 spiro atoms. The van der Waals surface area contributed by atoms with Gasteiger partial charge < -0.3 is 9.88 Å². The van der Waals surface area contributed by atoms with Crippen LogP contribution < -0.4 is 5.32 Å². The first-order valence-corrected chi connectivity index (χ1v) is 8.44. The molecule has 1 aromatic carbocycles. The number of benzene rings is 1. The number of thiazole rings is 1. The summed E-state index contributed by atoms with van der Waals surface area (Å²) >= 11 is 1.67. The van der Waals surface area contributed by atoms with E-state index >= 15 is 0 Å². The lowest BCUT2D eigenvalue weighted by Gasteiger charge is -2.21. The summed E-state index contributed by atoms with van der Waals surface area (Å²) in [4.78, 5) is 8.45. The fourth-order valence-electron chi connectivity index (χ4n) is 2.47. The highest BCUT2D eigenvalue weighted by atomic mass is 32.1. The Hall–Kier alpha value is -2.05. The fourth-order valence-corrected chi connectivity index (χ4v) is 3.17. The second kappa shape index (κ2) is 7.48. The lowest BCUT2D eigenvalue weighted by molar-refractivity contribution is 0.447. The second-order valence-electron chi connectivity index (χ2n) is 5.54. The largest absolute Gasteiger partial charge is 0.336 e. The zero-order valence-electron chi connectivity index (χ0n) is 12.9. The molecule has 0 aliphatic heterocycles. The van der Waals surface area contributed by atoms with Crippen LogP contribution in [0.4, 0.5) is 4.39 Å². The topological polar surface area (TPSA) is 42.7 Å². The van der Waals surface area contributed by atoms with E-state index in [9.17, 15) is 4.39 Å². The molecule has 0 fully saturated rings. The van der Waals surface area contributed by atoms with Crippen molar-refractivity contribution in [2.75, 3.05) is 6.54 Å². The second-order valence-corrected chi connectivity index (χ2v) is 6.47. The van der Waals surface area contributed by atoms with Crippen molar-refractivity contribution >= 4 is 11.3 Å². The van der Waals surface area contributed by atoms with Gasteiger partial charge in [0.2, 0.25) is 0 Å². The van der Waals surface area contributed by atoms with Crippen LogP contribution in [0.3, 0.4) is 0 Å². The third kappa shape index (κ3) is 4.24. The first-order valence-electron chi connectivity index (χ1n) is 7.56. The Morgan fingerprint density at radius 2 is 2.09 bits per heavy atom. The Bertz CT molecular complexity index is 695. The molecule has 0 amide bonds.